The summed E-state index contributed by atoms with van der Waals surface area (Å²) in [5.74, 6) is -0.532. The molecule has 0 atom stereocenters. The van der Waals surface area contributed by atoms with Crippen LogP contribution >= 0.6 is 0 Å². The highest BCUT2D eigenvalue weighted by Gasteiger charge is 2.23. The summed E-state index contributed by atoms with van der Waals surface area (Å²) < 4.78 is 2.06. The summed E-state index contributed by atoms with van der Waals surface area (Å²) in [6.45, 7) is 4.71. The largest absolute Gasteiger partial charge is 0.506 e. The number of hydrogen-bond donors (Lipinski definition) is 2. The molecule has 4 nitrogen and oxygen atoms in total. The lowest BCUT2D eigenvalue weighted by atomic mass is 10.0. The Morgan fingerprint density at radius 2 is 1.79 bits per heavy atom. The van der Waals surface area contributed by atoms with Crippen molar-refractivity contribution in [2.75, 3.05) is 0 Å². The van der Waals surface area contributed by atoms with Crippen molar-refractivity contribution in [2.24, 2.45) is 0 Å². The predicted molar refractivity (Wildman–Crippen MR) is 94.6 cm³/mol. The smallest absolute Gasteiger partial charge is 0.307 e. The van der Waals surface area contributed by atoms with Gasteiger partial charge in [0.25, 0.3) is 0 Å². The molecule has 124 valence electrons. The van der Waals surface area contributed by atoms with Gasteiger partial charge in [-0.05, 0) is 23.1 Å². The third kappa shape index (κ3) is 2.87. The third-order valence-electron chi connectivity index (χ3n) is 4.27. The monoisotopic (exact) mass is 323 g/mol. The summed E-state index contributed by atoms with van der Waals surface area (Å²) in [7, 11) is 0. The van der Waals surface area contributed by atoms with Crippen molar-refractivity contribution in [1.82, 2.24) is 4.57 Å². The lowest BCUT2D eigenvalue weighted by Crippen LogP contribution is -2.09. The van der Waals surface area contributed by atoms with Gasteiger partial charge >= 0.3 is 5.97 Å². The van der Waals surface area contributed by atoms with Crippen LogP contribution in [0.5, 0.6) is 5.75 Å². The van der Waals surface area contributed by atoms with Crippen LogP contribution in [-0.2, 0) is 17.8 Å². The second kappa shape index (κ2) is 6.40. The average Bonchev–Trinajstić information content (AvgIpc) is 2.83. The molecule has 24 heavy (non-hydrogen) atoms. The number of fused-ring (bicyclic) bond motifs is 1. The molecule has 3 aromatic rings. The fourth-order valence-corrected chi connectivity index (χ4v) is 3.41. The molecule has 0 spiro atoms. The Labute approximate surface area is 141 Å². The summed E-state index contributed by atoms with van der Waals surface area (Å²) >= 11 is 0. The number of carboxylic acids is 1. The maximum atomic E-state index is 11.4. The SMILES string of the molecule is CC(C)c1c(CC(=O)O)c2cccc(O)c2n1Cc1ccccc1. The standard InChI is InChI=1S/C20H21NO3/c1-13(2)19-16(11-18(23)24)15-9-6-10-17(22)20(15)21(19)12-14-7-4-3-5-8-14/h3-10,13,22H,11-12H2,1-2H3,(H,23,24). The number of carboxylic acid groups (broad SMARTS) is 1. The first-order chi connectivity index (χ1) is 11.5. The minimum atomic E-state index is -0.862. The number of phenols is 1. The number of benzene rings is 2. The lowest BCUT2D eigenvalue weighted by Gasteiger charge is -2.15. The van der Waals surface area contributed by atoms with Crippen LogP contribution in [0.4, 0.5) is 0 Å². The van der Waals surface area contributed by atoms with E-state index in [4.69, 9.17) is 0 Å². The molecule has 0 amide bonds. The maximum absolute atomic E-state index is 11.4. The Kier molecular flexibility index (Phi) is 4.30. The topological polar surface area (TPSA) is 62.5 Å². The Morgan fingerprint density at radius 1 is 1.08 bits per heavy atom. The number of nitrogens with zero attached hydrogens (tertiary/aromatic N) is 1. The van der Waals surface area contributed by atoms with Crippen LogP contribution in [0.1, 0.15) is 36.6 Å². The number of rotatable bonds is 5. The van der Waals surface area contributed by atoms with Gasteiger partial charge in [-0.3, -0.25) is 4.79 Å². The first-order valence-corrected chi connectivity index (χ1v) is 8.07. The number of para-hydroxylation sites is 1. The van der Waals surface area contributed by atoms with E-state index >= 15 is 0 Å². The summed E-state index contributed by atoms with van der Waals surface area (Å²) in [5.41, 5.74) is 3.58. The minimum Gasteiger partial charge on any atom is -0.506 e. The van der Waals surface area contributed by atoms with Crippen molar-refractivity contribution >= 4 is 16.9 Å². The van der Waals surface area contributed by atoms with Crippen LogP contribution in [0.25, 0.3) is 10.9 Å². The Balaban J connectivity index is 2.29. The highest BCUT2D eigenvalue weighted by molar-refractivity contribution is 5.93. The molecule has 2 aromatic carbocycles. The molecule has 0 unspecified atom stereocenters. The second-order valence-electron chi connectivity index (χ2n) is 6.33. The van der Waals surface area contributed by atoms with Gasteiger partial charge in [-0.25, -0.2) is 0 Å². The Hall–Kier alpha value is -2.75. The first-order valence-electron chi connectivity index (χ1n) is 8.07. The van der Waals surface area contributed by atoms with Gasteiger partial charge in [0.1, 0.15) is 5.75 Å². The van der Waals surface area contributed by atoms with Crippen molar-refractivity contribution in [3.8, 4) is 5.75 Å². The molecular formula is C20H21NO3. The third-order valence-corrected chi connectivity index (χ3v) is 4.27. The van der Waals surface area contributed by atoms with Crippen LogP contribution in [0, 0.1) is 0 Å². The van der Waals surface area contributed by atoms with Crippen molar-refractivity contribution < 1.29 is 15.0 Å². The molecule has 1 heterocycles. The van der Waals surface area contributed by atoms with Crippen LogP contribution < -0.4 is 0 Å². The van der Waals surface area contributed by atoms with E-state index in [-0.39, 0.29) is 18.1 Å². The zero-order valence-corrected chi connectivity index (χ0v) is 13.9. The van der Waals surface area contributed by atoms with Gasteiger partial charge in [-0.15, -0.1) is 0 Å². The summed E-state index contributed by atoms with van der Waals surface area (Å²) in [6.07, 6.45) is -0.0464. The molecule has 0 bridgehead atoms. The van der Waals surface area contributed by atoms with Gasteiger partial charge < -0.3 is 14.8 Å². The van der Waals surface area contributed by atoms with Gasteiger partial charge in [0.2, 0.25) is 0 Å². The zero-order chi connectivity index (χ0) is 17.3. The summed E-state index contributed by atoms with van der Waals surface area (Å²) in [5, 5.41) is 20.6. The molecule has 0 aliphatic rings. The quantitative estimate of drug-likeness (QED) is 0.741. The summed E-state index contributed by atoms with van der Waals surface area (Å²) in [6, 6.07) is 15.3. The molecular weight excluding hydrogens is 302 g/mol. The van der Waals surface area contributed by atoms with Crippen molar-refractivity contribution in [3.63, 3.8) is 0 Å². The van der Waals surface area contributed by atoms with Crippen molar-refractivity contribution in [3.05, 3.63) is 65.4 Å². The average molecular weight is 323 g/mol. The van der Waals surface area contributed by atoms with E-state index in [0.717, 1.165) is 22.2 Å². The molecule has 0 saturated carbocycles. The minimum absolute atomic E-state index is 0.0464. The van der Waals surface area contributed by atoms with Crippen LogP contribution in [0.3, 0.4) is 0 Å². The molecule has 1 aromatic heterocycles. The summed E-state index contributed by atoms with van der Waals surface area (Å²) in [4.78, 5) is 11.4. The zero-order valence-electron chi connectivity index (χ0n) is 13.9. The first kappa shape index (κ1) is 16.1. The highest BCUT2D eigenvalue weighted by atomic mass is 16.4. The number of aromatic hydroxyl groups is 1. The van der Waals surface area contributed by atoms with Gasteiger partial charge in [-0.2, -0.15) is 0 Å². The molecule has 2 N–H and O–H groups in total. The molecule has 0 saturated heterocycles. The second-order valence-corrected chi connectivity index (χ2v) is 6.33. The number of carbonyl (C=O) groups is 1. The predicted octanol–water partition coefficient (Wildman–Crippen LogP) is 4.15. The number of aromatic nitrogens is 1. The van der Waals surface area contributed by atoms with Crippen molar-refractivity contribution in [2.45, 2.75) is 32.7 Å². The molecule has 0 radical (unpaired) electrons. The Morgan fingerprint density at radius 3 is 2.42 bits per heavy atom. The molecule has 0 aliphatic heterocycles. The van der Waals surface area contributed by atoms with Gasteiger partial charge in [0.15, 0.2) is 0 Å². The fraction of sp³-hybridized carbons (Fsp3) is 0.250. The van der Waals surface area contributed by atoms with E-state index < -0.39 is 5.97 Å². The van der Waals surface area contributed by atoms with E-state index in [1.165, 1.54) is 0 Å². The van der Waals surface area contributed by atoms with Crippen LogP contribution in [-0.4, -0.2) is 20.7 Å². The van der Waals surface area contributed by atoms with E-state index in [9.17, 15) is 15.0 Å². The van der Waals surface area contributed by atoms with Gasteiger partial charge in [0, 0.05) is 17.6 Å². The number of hydrogen-bond acceptors (Lipinski definition) is 2. The molecule has 0 aliphatic carbocycles. The van der Waals surface area contributed by atoms with E-state index in [0.29, 0.717) is 12.1 Å². The van der Waals surface area contributed by atoms with Gasteiger partial charge in [-0.1, -0.05) is 56.3 Å². The number of aliphatic carboxylic acids is 1. The maximum Gasteiger partial charge on any atom is 0.307 e. The van der Waals surface area contributed by atoms with Crippen LogP contribution in [0.15, 0.2) is 48.5 Å². The van der Waals surface area contributed by atoms with E-state index in [1.54, 1.807) is 12.1 Å². The highest BCUT2D eigenvalue weighted by Crippen LogP contribution is 2.36. The van der Waals surface area contributed by atoms with Crippen LogP contribution in [0.2, 0.25) is 0 Å². The molecule has 3 rings (SSSR count). The molecule has 0 fully saturated rings. The van der Waals surface area contributed by atoms with Crippen molar-refractivity contribution in [1.29, 1.82) is 0 Å². The fourth-order valence-electron chi connectivity index (χ4n) is 3.41. The lowest BCUT2D eigenvalue weighted by molar-refractivity contribution is -0.136. The van der Waals surface area contributed by atoms with Gasteiger partial charge in [0.05, 0.1) is 11.9 Å². The Bertz CT molecular complexity index is 879. The normalized spacial score (nSPS) is 11.3. The van der Waals surface area contributed by atoms with E-state index in [2.05, 4.69) is 18.4 Å². The number of phenolic OH excluding ortho intramolecular Hbond substituents is 1. The van der Waals surface area contributed by atoms with E-state index in [1.807, 2.05) is 36.4 Å². The molecule has 4 heteroatoms.